The zero-order valence-electron chi connectivity index (χ0n) is 15.6. The van der Waals surface area contributed by atoms with Gasteiger partial charge < -0.3 is 10.3 Å². The summed E-state index contributed by atoms with van der Waals surface area (Å²) >= 11 is 6.28. The van der Waals surface area contributed by atoms with Gasteiger partial charge in [0.05, 0.1) is 5.56 Å². The van der Waals surface area contributed by atoms with E-state index in [-0.39, 0.29) is 18.3 Å². The highest BCUT2D eigenvalue weighted by atomic mass is 35.5. The minimum absolute atomic E-state index is 0. The van der Waals surface area contributed by atoms with Crippen LogP contribution in [-0.2, 0) is 13.1 Å². The van der Waals surface area contributed by atoms with Crippen LogP contribution in [0.25, 0.3) is 22.2 Å². The van der Waals surface area contributed by atoms with Gasteiger partial charge in [0, 0.05) is 45.8 Å². The zero-order valence-corrected chi connectivity index (χ0v) is 17.1. The first-order chi connectivity index (χ1) is 13.2. The second kappa shape index (κ2) is 7.78. The van der Waals surface area contributed by atoms with Crippen molar-refractivity contribution in [3.8, 4) is 11.3 Å². The molecule has 1 fully saturated rings. The molecule has 146 valence electrons. The summed E-state index contributed by atoms with van der Waals surface area (Å²) in [6.45, 7) is 3.90. The highest BCUT2D eigenvalue weighted by Crippen LogP contribution is 2.34. The number of carbonyl (C=O) groups is 1. The van der Waals surface area contributed by atoms with Gasteiger partial charge >= 0.3 is 0 Å². The van der Waals surface area contributed by atoms with Crippen molar-refractivity contribution in [1.82, 2.24) is 15.2 Å². The first-order valence-corrected chi connectivity index (χ1v) is 10.0. The van der Waals surface area contributed by atoms with Crippen LogP contribution < -0.4 is 5.32 Å². The van der Waals surface area contributed by atoms with E-state index < -0.39 is 0 Å². The number of hydrogen-bond donors (Lipinski definition) is 2. The standard InChI is InChI=1S/C22H22ClN3O.ClH/c23-18-6-5-16(21-17(18)12-24-22(21)27)20-11-15-10-14(4-7-19(15)25-20)13-26-8-2-1-3-9-26;/h4-7,10-11,25H,1-3,8-9,12-13H2,(H,24,27);1H. The van der Waals surface area contributed by atoms with Crippen molar-refractivity contribution in [1.29, 1.82) is 0 Å². The van der Waals surface area contributed by atoms with E-state index in [1.165, 1.54) is 43.3 Å². The van der Waals surface area contributed by atoms with Gasteiger partial charge in [-0.3, -0.25) is 9.69 Å². The third kappa shape index (κ3) is 3.41. The van der Waals surface area contributed by atoms with Crippen molar-refractivity contribution in [3.63, 3.8) is 0 Å². The van der Waals surface area contributed by atoms with Crippen LogP contribution in [-0.4, -0.2) is 28.9 Å². The van der Waals surface area contributed by atoms with E-state index >= 15 is 0 Å². The Bertz CT molecular complexity index is 1040. The summed E-state index contributed by atoms with van der Waals surface area (Å²) < 4.78 is 0. The monoisotopic (exact) mass is 415 g/mol. The molecular formula is C22H23Cl2N3O. The third-order valence-electron chi connectivity index (χ3n) is 5.74. The number of piperidine rings is 1. The number of fused-ring (bicyclic) bond motifs is 2. The number of rotatable bonds is 3. The Balaban J connectivity index is 0.00000192. The Hall–Kier alpha value is -2.01. The second-order valence-electron chi connectivity index (χ2n) is 7.57. The number of benzene rings is 2. The molecule has 0 spiro atoms. The molecule has 0 aliphatic carbocycles. The van der Waals surface area contributed by atoms with Gasteiger partial charge in [-0.15, -0.1) is 12.4 Å². The molecule has 0 saturated carbocycles. The van der Waals surface area contributed by atoms with Crippen molar-refractivity contribution < 1.29 is 4.79 Å². The maximum Gasteiger partial charge on any atom is 0.252 e. The maximum absolute atomic E-state index is 12.3. The lowest BCUT2D eigenvalue weighted by atomic mass is 10.0. The molecule has 2 N–H and O–H groups in total. The Morgan fingerprint density at radius 2 is 1.86 bits per heavy atom. The van der Waals surface area contributed by atoms with E-state index in [0.717, 1.165) is 28.9 Å². The van der Waals surface area contributed by atoms with E-state index in [1.807, 2.05) is 12.1 Å². The fourth-order valence-corrected chi connectivity index (χ4v) is 4.56. The predicted octanol–water partition coefficient (Wildman–Crippen LogP) is 5.14. The molecule has 0 radical (unpaired) electrons. The van der Waals surface area contributed by atoms with Crippen LogP contribution in [0, 0.1) is 0 Å². The molecule has 28 heavy (non-hydrogen) atoms. The molecule has 1 saturated heterocycles. The number of likely N-dealkylation sites (tertiary alicyclic amines) is 1. The van der Waals surface area contributed by atoms with Gasteiger partial charge in [0.15, 0.2) is 0 Å². The van der Waals surface area contributed by atoms with Crippen LogP contribution in [0.3, 0.4) is 0 Å². The number of amides is 1. The summed E-state index contributed by atoms with van der Waals surface area (Å²) in [5.74, 6) is -0.0491. The molecule has 6 heteroatoms. The summed E-state index contributed by atoms with van der Waals surface area (Å²) in [5, 5.41) is 4.71. The quantitative estimate of drug-likeness (QED) is 0.621. The third-order valence-corrected chi connectivity index (χ3v) is 6.09. The van der Waals surface area contributed by atoms with Crippen molar-refractivity contribution >= 4 is 40.8 Å². The topological polar surface area (TPSA) is 48.1 Å². The van der Waals surface area contributed by atoms with Gasteiger partial charge in [0.2, 0.25) is 0 Å². The lowest BCUT2D eigenvalue weighted by molar-refractivity contribution is 0.0966. The van der Waals surface area contributed by atoms with E-state index in [2.05, 4.69) is 39.5 Å². The number of halogens is 2. The Labute approximate surface area is 175 Å². The maximum atomic E-state index is 12.3. The van der Waals surface area contributed by atoms with Gasteiger partial charge in [0.1, 0.15) is 0 Å². The van der Waals surface area contributed by atoms with E-state index in [1.54, 1.807) is 0 Å². The molecule has 3 heterocycles. The summed E-state index contributed by atoms with van der Waals surface area (Å²) in [5.41, 5.74) is 5.90. The number of carbonyl (C=O) groups excluding carboxylic acids is 1. The average molecular weight is 416 g/mol. The SMILES string of the molecule is Cl.O=C1NCc2c(Cl)ccc(-c3cc4cc(CN5CCCCC5)ccc4[nH]3)c21. The van der Waals surface area contributed by atoms with Gasteiger partial charge in [0.25, 0.3) is 5.91 Å². The number of hydrogen-bond acceptors (Lipinski definition) is 2. The number of nitrogens with one attached hydrogen (secondary N) is 2. The highest BCUT2D eigenvalue weighted by Gasteiger charge is 2.26. The van der Waals surface area contributed by atoms with Crippen LogP contribution in [0.2, 0.25) is 5.02 Å². The van der Waals surface area contributed by atoms with E-state index in [9.17, 15) is 4.79 Å². The molecule has 0 unspecified atom stereocenters. The lowest BCUT2D eigenvalue weighted by Gasteiger charge is -2.26. The van der Waals surface area contributed by atoms with Gasteiger partial charge in [-0.25, -0.2) is 0 Å². The van der Waals surface area contributed by atoms with E-state index in [4.69, 9.17) is 11.6 Å². The smallest absolute Gasteiger partial charge is 0.252 e. The number of aromatic amines is 1. The molecule has 0 bridgehead atoms. The summed E-state index contributed by atoms with van der Waals surface area (Å²) in [7, 11) is 0. The Morgan fingerprint density at radius 3 is 2.68 bits per heavy atom. The van der Waals surface area contributed by atoms with Crippen LogP contribution >= 0.6 is 24.0 Å². The van der Waals surface area contributed by atoms with Crippen molar-refractivity contribution in [2.24, 2.45) is 0 Å². The molecule has 3 aromatic rings. The molecule has 1 amide bonds. The normalized spacial score (nSPS) is 16.7. The fourth-order valence-electron chi connectivity index (χ4n) is 4.34. The minimum Gasteiger partial charge on any atom is -0.355 e. The average Bonchev–Trinajstić information content (AvgIpc) is 3.27. The molecule has 0 atom stereocenters. The van der Waals surface area contributed by atoms with Crippen LogP contribution in [0.5, 0.6) is 0 Å². The van der Waals surface area contributed by atoms with Crippen molar-refractivity contribution in [3.05, 3.63) is 58.1 Å². The van der Waals surface area contributed by atoms with Crippen molar-refractivity contribution in [2.75, 3.05) is 13.1 Å². The fraction of sp³-hybridized carbons (Fsp3) is 0.318. The molecule has 5 rings (SSSR count). The predicted molar refractivity (Wildman–Crippen MR) is 116 cm³/mol. The molecule has 4 nitrogen and oxygen atoms in total. The van der Waals surface area contributed by atoms with Crippen LogP contribution in [0.4, 0.5) is 0 Å². The molecule has 2 aliphatic rings. The summed E-state index contributed by atoms with van der Waals surface area (Å²) in [4.78, 5) is 18.3. The largest absolute Gasteiger partial charge is 0.355 e. The Kier molecular flexibility index (Phi) is 5.37. The summed E-state index contributed by atoms with van der Waals surface area (Å²) in [6.07, 6.45) is 3.97. The Morgan fingerprint density at radius 1 is 1.04 bits per heavy atom. The van der Waals surface area contributed by atoms with Gasteiger partial charge in [-0.05, 0) is 55.8 Å². The van der Waals surface area contributed by atoms with Crippen LogP contribution in [0.15, 0.2) is 36.4 Å². The molecular weight excluding hydrogens is 393 g/mol. The zero-order chi connectivity index (χ0) is 18.4. The first kappa shape index (κ1) is 19.3. The minimum atomic E-state index is -0.0491. The summed E-state index contributed by atoms with van der Waals surface area (Å²) in [6, 6.07) is 12.6. The van der Waals surface area contributed by atoms with E-state index in [0.29, 0.717) is 17.1 Å². The lowest BCUT2D eigenvalue weighted by Crippen LogP contribution is -2.28. The molecule has 2 aliphatic heterocycles. The number of aromatic nitrogens is 1. The van der Waals surface area contributed by atoms with Gasteiger partial charge in [-0.1, -0.05) is 30.2 Å². The molecule has 2 aromatic carbocycles. The van der Waals surface area contributed by atoms with Crippen LogP contribution in [0.1, 0.15) is 40.7 Å². The molecule has 1 aromatic heterocycles. The number of nitrogens with zero attached hydrogens (tertiary/aromatic N) is 1. The van der Waals surface area contributed by atoms with Crippen molar-refractivity contribution in [2.45, 2.75) is 32.4 Å². The van der Waals surface area contributed by atoms with Gasteiger partial charge in [-0.2, -0.15) is 0 Å². The first-order valence-electron chi connectivity index (χ1n) is 9.63. The highest BCUT2D eigenvalue weighted by molar-refractivity contribution is 6.32. The number of H-pyrrole nitrogens is 1. The second-order valence-corrected chi connectivity index (χ2v) is 7.98.